The van der Waals surface area contributed by atoms with Gasteiger partial charge in [-0.2, -0.15) is 0 Å². The van der Waals surface area contributed by atoms with Gasteiger partial charge in [-0.25, -0.2) is 4.98 Å². The molecule has 0 saturated carbocycles. The van der Waals surface area contributed by atoms with Crippen LogP contribution < -0.4 is 10.1 Å². The molecule has 112 valence electrons. The third kappa shape index (κ3) is 3.70. The van der Waals surface area contributed by atoms with E-state index in [-0.39, 0.29) is 5.91 Å². The molecule has 0 spiro atoms. The maximum atomic E-state index is 11.7. The van der Waals surface area contributed by atoms with E-state index in [1.165, 1.54) is 0 Å². The molecule has 1 aromatic heterocycles. The van der Waals surface area contributed by atoms with Gasteiger partial charge in [-0.3, -0.25) is 4.79 Å². The Kier molecular flexibility index (Phi) is 5.11. The van der Waals surface area contributed by atoms with Crippen molar-refractivity contribution in [2.24, 2.45) is 0 Å². The minimum atomic E-state index is 0.0795. The van der Waals surface area contributed by atoms with Crippen LogP contribution in [0, 0.1) is 0 Å². The Morgan fingerprint density at radius 1 is 1.33 bits per heavy atom. The summed E-state index contributed by atoms with van der Waals surface area (Å²) in [6.45, 7) is 3.54. The summed E-state index contributed by atoms with van der Waals surface area (Å²) in [5.74, 6) is 0.840. The second-order valence-corrected chi connectivity index (χ2v) is 4.85. The number of aromatic nitrogens is 1. The molecule has 2 aromatic rings. The van der Waals surface area contributed by atoms with E-state index in [4.69, 9.17) is 4.74 Å². The van der Waals surface area contributed by atoms with Crippen LogP contribution in [0.5, 0.6) is 5.75 Å². The molecule has 21 heavy (non-hydrogen) atoms. The highest BCUT2D eigenvalue weighted by atomic mass is 16.5. The summed E-state index contributed by atoms with van der Waals surface area (Å²) in [4.78, 5) is 18.0. The van der Waals surface area contributed by atoms with E-state index in [2.05, 4.69) is 10.3 Å². The maximum absolute atomic E-state index is 11.7. The third-order valence-electron chi connectivity index (χ3n) is 3.44. The monoisotopic (exact) mass is 287 g/mol. The maximum Gasteiger partial charge on any atom is 0.236 e. The van der Waals surface area contributed by atoms with Gasteiger partial charge in [0.1, 0.15) is 11.3 Å². The number of ether oxygens (including phenoxy) is 1. The average molecular weight is 287 g/mol. The second kappa shape index (κ2) is 7.04. The summed E-state index contributed by atoms with van der Waals surface area (Å²) in [7, 11) is 3.43. The summed E-state index contributed by atoms with van der Waals surface area (Å²) in [6.07, 6.45) is 0. The molecule has 1 amide bonds. The summed E-state index contributed by atoms with van der Waals surface area (Å²) in [6, 6.07) is 9.82. The number of fused-ring (bicyclic) bond motifs is 1. The van der Waals surface area contributed by atoms with Crippen molar-refractivity contribution in [3.05, 3.63) is 36.0 Å². The highest BCUT2D eigenvalue weighted by Crippen LogP contribution is 2.23. The fourth-order valence-electron chi connectivity index (χ4n) is 2.03. The number of carbonyl (C=O) groups is 1. The van der Waals surface area contributed by atoms with Crippen molar-refractivity contribution in [1.82, 2.24) is 15.2 Å². The van der Waals surface area contributed by atoms with Crippen molar-refractivity contribution in [1.29, 1.82) is 0 Å². The first-order valence-electron chi connectivity index (χ1n) is 7.03. The number of nitrogens with one attached hydrogen (secondary N) is 1. The van der Waals surface area contributed by atoms with E-state index in [0.717, 1.165) is 22.3 Å². The highest BCUT2D eigenvalue weighted by molar-refractivity contribution is 5.84. The van der Waals surface area contributed by atoms with Crippen LogP contribution in [-0.4, -0.2) is 43.0 Å². The predicted molar refractivity (Wildman–Crippen MR) is 83.3 cm³/mol. The number of para-hydroxylation sites is 1. The summed E-state index contributed by atoms with van der Waals surface area (Å²) in [5.41, 5.74) is 1.73. The minimum Gasteiger partial charge on any atom is -0.494 e. The van der Waals surface area contributed by atoms with Gasteiger partial charge in [-0.1, -0.05) is 18.2 Å². The van der Waals surface area contributed by atoms with E-state index in [9.17, 15) is 4.79 Å². The fraction of sp³-hybridized carbons (Fsp3) is 0.375. The first-order valence-corrected chi connectivity index (χ1v) is 7.03. The molecule has 0 aliphatic carbocycles. The molecule has 0 radical (unpaired) electrons. The van der Waals surface area contributed by atoms with Crippen molar-refractivity contribution < 1.29 is 9.53 Å². The van der Waals surface area contributed by atoms with E-state index in [0.29, 0.717) is 19.6 Å². The Morgan fingerprint density at radius 2 is 2.14 bits per heavy atom. The van der Waals surface area contributed by atoms with Gasteiger partial charge in [0.15, 0.2) is 0 Å². The lowest BCUT2D eigenvalue weighted by Gasteiger charge is -2.14. The summed E-state index contributed by atoms with van der Waals surface area (Å²) >= 11 is 0. The number of benzene rings is 1. The van der Waals surface area contributed by atoms with Gasteiger partial charge in [-0.05, 0) is 19.1 Å². The zero-order valence-corrected chi connectivity index (χ0v) is 12.7. The Bertz CT molecular complexity index is 628. The molecule has 0 saturated heterocycles. The quantitative estimate of drug-likeness (QED) is 0.880. The first kappa shape index (κ1) is 15.3. The number of carbonyl (C=O) groups excluding carboxylic acids is 1. The first-order chi connectivity index (χ1) is 10.2. The predicted octanol–water partition coefficient (Wildman–Crippen LogP) is 1.81. The number of hydrogen-bond donors (Lipinski definition) is 1. The second-order valence-electron chi connectivity index (χ2n) is 4.85. The van der Waals surface area contributed by atoms with Gasteiger partial charge in [0, 0.05) is 25.5 Å². The molecule has 0 aliphatic heterocycles. The van der Waals surface area contributed by atoms with Gasteiger partial charge < -0.3 is 15.0 Å². The molecule has 0 fully saturated rings. The SMILES string of the molecule is CCN(C)C(=O)CNCc1ccc2cccc(OC)c2n1. The molecule has 1 N–H and O–H groups in total. The van der Waals surface area contributed by atoms with Crippen LogP contribution in [0.4, 0.5) is 0 Å². The number of likely N-dealkylation sites (N-methyl/N-ethyl adjacent to an activating group) is 1. The molecule has 5 nitrogen and oxygen atoms in total. The molecular formula is C16H21N3O2. The van der Waals surface area contributed by atoms with Crippen LogP contribution in [0.1, 0.15) is 12.6 Å². The largest absolute Gasteiger partial charge is 0.494 e. The van der Waals surface area contributed by atoms with Crippen LogP contribution in [0.2, 0.25) is 0 Å². The molecule has 0 unspecified atom stereocenters. The number of pyridine rings is 1. The normalized spacial score (nSPS) is 10.6. The van der Waals surface area contributed by atoms with E-state index in [1.54, 1.807) is 19.1 Å². The van der Waals surface area contributed by atoms with E-state index < -0.39 is 0 Å². The molecule has 0 bridgehead atoms. The van der Waals surface area contributed by atoms with Gasteiger partial charge >= 0.3 is 0 Å². The van der Waals surface area contributed by atoms with Gasteiger partial charge in [0.2, 0.25) is 5.91 Å². The molecule has 0 aliphatic rings. The smallest absolute Gasteiger partial charge is 0.236 e. The molecule has 0 atom stereocenters. The van der Waals surface area contributed by atoms with Crippen LogP contribution in [0.25, 0.3) is 10.9 Å². The number of methoxy groups -OCH3 is 1. The molecule has 2 rings (SSSR count). The van der Waals surface area contributed by atoms with Gasteiger partial charge in [-0.15, -0.1) is 0 Å². The topological polar surface area (TPSA) is 54.5 Å². The summed E-state index contributed by atoms with van der Waals surface area (Å²) in [5, 5.41) is 4.17. The number of nitrogens with zero attached hydrogens (tertiary/aromatic N) is 2. The van der Waals surface area contributed by atoms with Crippen molar-refractivity contribution in [3.63, 3.8) is 0 Å². The van der Waals surface area contributed by atoms with E-state index in [1.807, 2.05) is 37.3 Å². The fourth-order valence-corrected chi connectivity index (χ4v) is 2.03. The van der Waals surface area contributed by atoms with Crippen LogP contribution >= 0.6 is 0 Å². The molecule has 1 aromatic carbocycles. The molecule has 1 heterocycles. The zero-order chi connectivity index (χ0) is 15.2. The van der Waals surface area contributed by atoms with Crippen LogP contribution in [0.3, 0.4) is 0 Å². The zero-order valence-electron chi connectivity index (χ0n) is 12.7. The number of rotatable bonds is 6. The minimum absolute atomic E-state index is 0.0795. The molecular weight excluding hydrogens is 266 g/mol. The van der Waals surface area contributed by atoms with Gasteiger partial charge in [0.05, 0.1) is 19.3 Å². The number of amides is 1. The Morgan fingerprint density at radius 3 is 2.86 bits per heavy atom. The Labute approximate surface area is 124 Å². The highest BCUT2D eigenvalue weighted by Gasteiger charge is 2.07. The van der Waals surface area contributed by atoms with Crippen molar-refractivity contribution in [2.45, 2.75) is 13.5 Å². The Balaban J connectivity index is 2.04. The van der Waals surface area contributed by atoms with E-state index >= 15 is 0 Å². The Hall–Kier alpha value is -2.14. The number of hydrogen-bond acceptors (Lipinski definition) is 4. The summed E-state index contributed by atoms with van der Waals surface area (Å²) < 4.78 is 5.33. The lowest BCUT2D eigenvalue weighted by Crippen LogP contribution is -2.35. The van der Waals surface area contributed by atoms with Crippen molar-refractivity contribution >= 4 is 16.8 Å². The average Bonchev–Trinajstić information content (AvgIpc) is 2.53. The van der Waals surface area contributed by atoms with Crippen molar-refractivity contribution in [3.8, 4) is 5.75 Å². The van der Waals surface area contributed by atoms with Gasteiger partial charge in [0.25, 0.3) is 0 Å². The lowest BCUT2D eigenvalue weighted by atomic mass is 10.2. The van der Waals surface area contributed by atoms with Crippen LogP contribution in [0.15, 0.2) is 30.3 Å². The third-order valence-corrected chi connectivity index (χ3v) is 3.44. The standard InChI is InChI=1S/C16H21N3O2/c1-4-19(2)15(20)11-17-10-13-9-8-12-6-5-7-14(21-3)16(12)18-13/h5-9,17H,4,10-11H2,1-3H3. The van der Waals surface area contributed by atoms with Crippen molar-refractivity contribution in [2.75, 3.05) is 27.2 Å². The molecule has 5 heteroatoms. The van der Waals surface area contributed by atoms with Crippen LogP contribution in [-0.2, 0) is 11.3 Å². The lowest BCUT2D eigenvalue weighted by molar-refractivity contribution is -0.128.